The van der Waals surface area contributed by atoms with Gasteiger partial charge in [-0.05, 0) is 22.4 Å². The zero-order valence-corrected chi connectivity index (χ0v) is 14.4. The lowest BCUT2D eigenvalue weighted by molar-refractivity contribution is 0.159. The Hall–Kier alpha value is -2.15. The van der Waals surface area contributed by atoms with Crippen molar-refractivity contribution in [2.75, 3.05) is 11.9 Å². The van der Waals surface area contributed by atoms with Crippen LogP contribution in [-0.4, -0.2) is 22.7 Å². The van der Waals surface area contributed by atoms with Crippen molar-refractivity contribution in [2.24, 2.45) is 0 Å². The van der Waals surface area contributed by atoms with Crippen LogP contribution in [0.2, 0.25) is 0 Å². The number of H-pyrrole nitrogens is 1. The van der Waals surface area contributed by atoms with Crippen molar-refractivity contribution in [3.63, 3.8) is 0 Å². The lowest BCUT2D eigenvalue weighted by Gasteiger charge is -2.08. The number of unbranched alkanes of at least 4 members (excludes halogenated alkanes) is 2. The minimum atomic E-state index is -0.634. The average Bonchev–Trinajstić information content (AvgIpc) is 2.55. The standard InChI is InChI=1S/C16H18BrN3O3/c1-2-3-7-10-23-16(22)20-15-18-13(12(17)14(21)19-15)11-8-5-4-6-9-11/h4-6,8-9H,2-3,7,10H2,1H3,(H2,18,19,20,21,22). The van der Waals surface area contributed by atoms with Crippen molar-refractivity contribution in [1.82, 2.24) is 9.97 Å². The number of ether oxygens (including phenoxy) is 1. The molecule has 0 atom stereocenters. The van der Waals surface area contributed by atoms with E-state index in [1.54, 1.807) is 0 Å². The van der Waals surface area contributed by atoms with Gasteiger partial charge in [0.1, 0.15) is 4.47 Å². The number of anilines is 1. The van der Waals surface area contributed by atoms with Crippen molar-refractivity contribution >= 4 is 28.0 Å². The zero-order valence-electron chi connectivity index (χ0n) is 12.8. The molecule has 0 saturated carbocycles. The number of carbonyl (C=O) groups is 1. The van der Waals surface area contributed by atoms with Crippen LogP contribution in [0.25, 0.3) is 11.3 Å². The normalized spacial score (nSPS) is 10.3. The minimum Gasteiger partial charge on any atom is -0.449 e. The van der Waals surface area contributed by atoms with E-state index in [1.807, 2.05) is 30.3 Å². The number of carbonyl (C=O) groups excluding carboxylic acids is 1. The number of hydrogen-bond acceptors (Lipinski definition) is 4. The second-order valence-corrected chi connectivity index (χ2v) is 5.70. The van der Waals surface area contributed by atoms with Gasteiger partial charge in [-0.25, -0.2) is 9.78 Å². The number of aromatic amines is 1. The fourth-order valence-electron chi connectivity index (χ4n) is 1.95. The lowest BCUT2D eigenvalue weighted by atomic mass is 10.1. The van der Waals surface area contributed by atoms with Crippen LogP contribution in [0.3, 0.4) is 0 Å². The highest BCUT2D eigenvalue weighted by Crippen LogP contribution is 2.23. The van der Waals surface area contributed by atoms with Gasteiger partial charge in [0.15, 0.2) is 0 Å². The van der Waals surface area contributed by atoms with Crippen molar-refractivity contribution in [3.05, 3.63) is 45.2 Å². The number of rotatable bonds is 6. The van der Waals surface area contributed by atoms with Gasteiger partial charge in [-0.1, -0.05) is 50.1 Å². The van der Waals surface area contributed by atoms with E-state index in [1.165, 1.54) is 0 Å². The molecule has 7 heteroatoms. The molecule has 2 N–H and O–H groups in total. The molecule has 23 heavy (non-hydrogen) atoms. The highest BCUT2D eigenvalue weighted by Gasteiger charge is 2.13. The van der Waals surface area contributed by atoms with E-state index < -0.39 is 6.09 Å². The molecule has 0 saturated heterocycles. The molecule has 122 valence electrons. The van der Waals surface area contributed by atoms with Gasteiger partial charge in [0.2, 0.25) is 5.95 Å². The Bertz CT molecular complexity index is 716. The largest absolute Gasteiger partial charge is 0.449 e. The van der Waals surface area contributed by atoms with Crippen molar-refractivity contribution in [1.29, 1.82) is 0 Å². The summed E-state index contributed by atoms with van der Waals surface area (Å²) in [5, 5.41) is 2.45. The highest BCUT2D eigenvalue weighted by molar-refractivity contribution is 9.10. The topological polar surface area (TPSA) is 84.1 Å². The molecule has 1 heterocycles. The average molecular weight is 380 g/mol. The maximum Gasteiger partial charge on any atom is 0.413 e. The molecule has 0 radical (unpaired) electrons. The predicted octanol–water partition coefficient (Wildman–Crippen LogP) is 3.94. The van der Waals surface area contributed by atoms with E-state index in [0.717, 1.165) is 24.8 Å². The molecule has 0 unspecified atom stereocenters. The fourth-order valence-corrected chi connectivity index (χ4v) is 2.37. The Morgan fingerprint density at radius 3 is 2.74 bits per heavy atom. The molecule has 0 bridgehead atoms. The molecule has 0 aliphatic carbocycles. The van der Waals surface area contributed by atoms with Crippen LogP contribution in [0.4, 0.5) is 10.7 Å². The van der Waals surface area contributed by atoms with Gasteiger partial charge < -0.3 is 4.74 Å². The first kappa shape index (κ1) is 17.2. The smallest absolute Gasteiger partial charge is 0.413 e. The van der Waals surface area contributed by atoms with Gasteiger partial charge in [-0.2, -0.15) is 0 Å². The number of nitrogens with zero attached hydrogens (tertiary/aromatic N) is 1. The first-order valence-corrected chi connectivity index (χ1v) is 8.20. The molecule has 0 aliphatic rings. The lowest BCUT2D eigenvalue weighted by Crippen LogP contribution is -2.20. The summed E-state index contributed by atoms with van der Waals surface area (Å²) in [5.41, 5.74) is 0.848. The molecule has 1 aromatic carbocycles. The summed E-state index contributed by atoms with van der Waals surface area (Å²) in [4.78, 5) is 30.5. The van der Waals surface area contributed by atoms with E-state index in [9.17, 15) is 9.59 Å². The van der Waals surface area contributed by atoms with E-state index >= 15 is 0 Å². The van der Waals surface area contributed by atoms with Gasteiger partial charge in [-0.15, -0.1) is 0 Å². The molecule has 1 aromatic heterocycles. The van der Waals surface area contributed by atoms with Crippen LogP contribution < -0.4 is 10.9 Å². The summed E-state index contributed by atoms with van der Waals surface area (Å²) in [6.45, 7) is 2.41. The second-order valence-electron chi connectivity index (χ2n) is 4.91. The molecular weight excluding hydrogens is 362 g/mol. The van der Waals surface area contributed by atoms with Crippen LogP contribution in [0, 0.1) is 0 Å². The molecule has 2 rings (SSSR count). The SMILES string of the molecule is CCCCCOC(=O)Nc1nc(-c2ccccc2)c(Br)c(=O)[nH]1. The first-order chi connectivity index (χ1) is 11.1. The molecular formula is C16H18BrN3O3. The number of halogens is 1. The number of benzene rings is 1. The third kappa shape index (κ3) is 4.92. The maximum atomic E-state index is 12.0. The van der Waals surface area contributed by atoms with Crippen LogP contribution in [0.5, 0.6) is 0 Å². The van der Waals surface area contributed by atoms with Gasteiger partial charge in [0.05, 0.1) is 12.3 Å². The zero-order chi connectivity index (χ0) is 16.7. The minimum absolute atomic E-state index is 0.0533. The summed E-state index contributed by atoms with van der Waals surface area (Å²) >= 11 is 3.23. The molecule has 2 aromatic rings. The Labute approximate surface area is 142 Å². The van der Waals surface area contributed by atoms with Gasteiger partial charge in [-0.3, -0.25) is 15.1 Å². The van der Waals surface area contributed by atoms with Gasteiger partial charge in [0.25, 0.3) is 5.56 Å². The summed E-state index contributed by atoms with van der Waals surface area (Å²) in [5.74, 6) is 0.0533. The molecule has 6 nitrogen and oxygen atoms in total. The Morgan fingerprint density at radius 2 is 2.04 bits per heavy atom. The summed E-state index contributed by atoms with van der Waals surface area (Å²) in [6.07, 6.45) is 2.22. The summed E-state index contributed by atoms with van der Waals surface area (Å²) in [7, 11) is 0. The van der Waals surface area contributed by atoms with Crippen molar-refractivity contribution in [3.8, 4) is 11.3 Å². The van der Waals surface area contributed by atoms with Crippen LogP contribution in [0.15, 0.2) is 39.6 Å². The van der Waals surface area contributed by atoms with E-state index in [-0.39, 0.29) is 11.5 Å². The third-order valence-electron chi connectivity index (χ3n) is 3.11. The predicted molar refractivity (Wildman–Crippen MR) is 92.5 cm³/mol. The number of aromatic nitrogens is 2. The van der Waals surface area contributed by atoms with Crippen LogP contribution in [0.1, 0.15) is 26.2 Å². The fraction of sp³-hybridized carbons (Fsp3) is 0.312. The van der Waals surface area contributed by atoms with E-state index in [2.05, 4.69) is 38.1 Å². The monoisotopic (exact) mass is 379 g/mol. The number of nitrogens with one attached hydrogen (secondary N) is 2. The number of hydrogen-bond donors (Lipinski definition) is 2. The summed E-state index contributed by atoms with van der Waals surface area (Å²) in [6, 6.07) is 9.23. The third-order valence-corrected chi connectivity index (χ3v) is 3.85. The Kier molecular flexibility index (Phi) is 6.34. The van der Waals surface area contributed by atoms with Gasteiger partial charge in [0, 0.05) is 5.56 Å². The maximum absolute atomic E-state index is 12.0. The quantitative estimate of drug-likeness (QED) is 0.744. The van der Waals surface area contributed by atoms with E-state index in [4.69, 9.17) is 4.74 Å². The molecule has 0 fully saturated rings. The van der Waals surface area contributed by atoms with Crippen LogP contribution >= 0.6 is 15.9 Å². The van der Waals surface area contributed by atoms with Crippen molar-refractivity contribution in [2.45, 2.75) is 26.2 Å². The van der Waals surface area contributed by atoms with E-state index in [0.29, 0.717) is 16.8 Å². The van der Waals surface area contributed by atoms with Crippen LogP contribution in [-0.2, 0) is 4.74 Å². The number of amides is 1. The molecule has 0 aliphatic heterocycles. The molecule has 1 amide bonds. The van der Waals surface area contributed by atoms with Crippen molar-refractivity contribution < 1.29 is 9.53 Å². The Morgan fingerprint density at radius 1 is 1.30 bits per heavy atom. The van der Waals surface area contributed by atoms with Gasteiger partial charge >= 0.3 is 6.09 Å². The first-order valence-electron chi connectivity index (χ1n) is 7.41. The summed E-state index contributed by atoms with van der Waals surface area (Å²) < 4.78 is 5.35. The highest BCUT2D eigenvalue weighted by atomic mass is 79.9. The second kappa shape index (κ2) is 8.47. The molecule has 0 spiro atoms. The Balaban J connectivity index is 2.13.